The maximum absolute atomic E-state index is 5.41. The fourth-order valence-corrected chi connectivity index (χ4v) is 0.411. The molecular weight excluding hydrogens is 154 g/mol. The first-order valence-electron chi connectivity index (χ1n) is 3.09. The van der Waals surface area contributed by atoms with Gasteiger partial charge in [0.1, 0.15) is 0 Å². The molecule has 0 aromatic heterocycles. The van der Waals surface area contributed by atoms with Crippen LogP contribution in [-0.2, 0) is 9.47 Å². The molecular formula is C6H16ClNO2. The molecule has 0 radical (unpaired) electrons. The minimum atomic E-state index is 0. The largest absolute Gasteiger partial charge is 0.382 e. The summed E-state index contributed by atoms with van der Waals surface area (Å²) in [4.78, 5) is 0. The molecule has 64 valence electrons. The van der Waals surface area contributed by atoms with E-state index in [0.717, 1.165) is 0 Å². The van der Waals surface area contributed by atoms with Crippen LogP contribution in [0.1, 0.15) is 6.92 Å². The standard InChI is InChI=1S/C6H15NO2.ClH/c1-6(7)5-9-4-3-8-2;/h6H,3-5,7H2,1-2H3;1H. The molecule has 2 N–H and O–H groups in total. The molecule has 0 spiro atoms. The fraction of sp³-hybridized carbons (Fsp3) is 1.00. The van der Waals surface area contributed by atoms with Crippen molar-refractivity contribution in [2.75, 3.05) is 26.9 Å². The average molecular weight is 170 g/mol. The summed E-state index contributed by atoms with van der Waals surface area (Å²) < 4.78 is 9.84. The molecule has 4 heteroatoms. The highest BCUT2D eigenvalue weighted by molar-refractivity contribution is 5.85. The number of ether oxygens (including phenoxy) is 2. The Bertz CT molecular complexity index is 61.7. The van der Waals surface area contributed by atoms with Gasteiger partial charge in [-0.3, -0.25) is 0 Å². The summed E-state index contributed by atoms with van der Waals surface area (Å²) in [6.45, 7) is 3.81. The third-order valence-electron chi connectivity index (χ3n) is 0.813. The summed E-state index contributed by atoms with van der Waals surface area (Å²) in [7, 11) is 1.65. The van der Waals surface area contributed by atoms with Gasteiger partial charge in [-0.15, -0.1) is 12.4 Å². The zero-order valence-electron chi connectivity index (χ0n) is 6.50. The van der Waals surface area contributed by atoms with Crippen LogP contribution in [0.4, 0.5) is 0 Å². The summed E-state index contributed by atoms with van der Waals surface area (Å²) in [5.41, 5.74) is 5.41. The number of hydrogen-bond donors (Lipinski definition) is 1. The van der Waals surface area contributed by atoms with Crippen molar-refractivity contribution in [3.05, 3.63) is 0 Å². The minimum absolute atomic E-state index is 0. The van der Waals surface area contributed by atoms with E-state index in [1.807, 2.05) is 6.92 Å². The summed E-state index contributed by atoms with van der Waals surface area (Å²) in [6, 6.07) is 0.127. The van der Waals surface area contributed by atoms with Crippen molar-refractivity contribution in [2.24, 2.45) is 5.73 Å². The lowest BCUT2D eigenvalue weighted by Crippen LogP contribution is -2.22. The normalized spacial score (nSPS) is 12.3. The average Bonchev–Trinajstić information content (AvgIpc) is 1.80. The number of methoxy groups -OCH3 is 1. The van der Waals surface area contributed by atoms with Gasteiger partial charge in [-0.25, -0.2) is 0 Å². The van der Waals surface area contributed by atoms with E-state index in [1.54, 1.807) is 7.11 Å². The Morgan fingerprint density at radius 1 is 1.40 bits per heavy atom. The highest BCUT2D eigenvalue weighted by atomic mass is 35.5. The molecule has 0 heterocycles. The number of halogens is 1. The summed E-state index contributed by atoms with van der Waals surface area (Å²) in [5.74, 6) is 0. The number of rotatable bonds is 5. The van der Waals surface area contributed by atoms with Gasteiger partial charge in [0.25, 0.3) is 0 Å². The van der Waals surface area contributed by atoms with Gasteiger partial charge >= 0.3 is 0 Å². The van der Waals surface area contributed by atoms with E-state index in [-0.39, 0.29) is 18.4 Å². The maximum Gasteiger partial charge on any atom is 0.0701 e. The Morgan fingerprint density at radius 2 is 2.00 bits per heavy atom. The lowest BCUT2D eigenvalue weighted by Gasteiger charge is -2.04. The lowest BCUT2D eigenvalue weighted by atomic mass is 10.4. The molecule has 3 nitrogen and oxygen atoms in total. The fourth-order valence-electron chi connectivity index (χ4n) is 0.411. The van der Waals surface area contributed by atoms with Crippen LogP contribution in [0.2, 0.25) is 0 Å². The van der Waals surface area contributed by atoms with Gasteiger partial charge in [-0.2, -0.15) is 0 Å². The highest BCUT2D eigenvalue weighted by Gasteiger charge is 1.91. The van der Waals surface area contributed by atoms with Gasteiger partial charge in [-0.05, 0) is 6.92 Å². The SMILES string of the molecule is COCCOCC(C)N.Cl. The molecule has 0 saturated heterocycles. The molecule has 0 amide bonds. The Kier molecular flexibility index (Phi) is 11.7. The zero-order chi connectivity index (χ0) is 7.11. The van der Waals surface area contributed by atoms with Crippen molar-refractivity contribution in [2.45, 2.75) is 13.0 Å². The van der Waals surface area contributed by atoms with Gasteiger partial charge in [0, 0.05) is 13.2 Å². The van der Waals surface area contributed by atoms with E-state index in [9.17, 15) is 0 Å². The van der Waals surface area contributed by atoms with Crippen molar-refractivity contribution in [1.29, 1.82) is 0 Å². The first-order chi connectivity index (χ1) is 4.27. The van der Waals surface area contributed by atoms with Crippen molar-refractivity contribution in [3.8, 4) is 0 Å². The maximum atomic E-state index is 5.41. The van der Waals surface area contributed by atoms with Gasteiger partial charge < -0.3 is 15.2 Å². The Hall–Kier alpha value is 0.170. The van der Waals surface area contributed by atoms with E-state index in [0.29, 0.717) is 19.8 Å². The molecule has 1 atom stereocenters. The zero-order valence-corrected chi connectivity index (χ0v) is 7.32. The Labute approximate surface area is 68.3 Å². The smallest absolute Gasteiger partial charge is 0.0701 e. The van der Waals surface area contributed by atoms with E-state index >= 15 is 0 Å². The predicted octanol–water partition coefficient (Wildman–Crippen LogP) is 0.418. The van der Waals surface area contributed by atoms with Gasteiger partial charge in [-0.1, -0.05) is 0 Å². The topological polar surface area (TPSA) is 44.5 Å². The summed E-state index contributed by atoms with van der Waals surface area (Å²) >= 11 is 0. The van der Waals surface area contributed by atoms with Crippen LogP contribution >= 0.6 is 12.4 Å². The molecule has 0 bridgehead atoms. The van der Waals surface area contributed by atoms with Crippen molar-refractivity contribution < 1.29 is 9.47 Å². The van der Waals surface area contributed by atoms with E-state index < -0.39 is 0 Å². The van der Waals surface area contributed by atoms with Crippen molar-refractivity contribution in [3.63, 3.8) is 0 Å². The van der Waals surface area contributed by atoms with Crippen LogP contribution in [0.3, 0.4) is 0 Å². The van der Waals surface area contributed by atoms with E-state index in [1.165, 1.54) is 0 Å². The van der Waals surface area contributed by atoms with Gasteiger partial charge in [0.05, 0.1) is 19.8 Å². The number of nitrogens with two attached hydrogens (primary N) is 1. The Balaban J connectivity index is 0. The second-order valence-corrected chi connectivity index (χ2v) is 2.04. The van der Waals surface area contributed by atoms with Crippen LogP contribution in [0, 0.1) is 0 Å². The van der Waals surface area contributed by atoms with Crippen LogP contribution in [-0.4, -0.2) is 33.0 Å². The van der Waals surface area contributed by atoms with Gasteiger partial charge in [0.2, 0.25) is 0 Å². The summed E-state index contributed by atoms with van der Waals surface area (Å²) in [6.07, 6.45) is 0. The number of hydrogen-bond acceptors (Lipinski definition) is 3. The monoisotopic (exact) mass is 169 g/mol. The second-order valence-electron chi connectivity index (χ2n) is 2.04. The first-order valence-corrected chi connectivity index (χ1v) is 3.09. The van der Waals surface area contributed by atoms with Crippen LogP contribution in [0.25, 0.3) is 0 Å². The lowest BCUT2D eigenvalue weighted by molar-refractivity contribution is 0.0656. The molecule has 0 rings (SSSR count). The highest BCUT2D eigenvalue weighted by Crippen LogP contribution is 1.79. The molecule has 0 aromatic carbocycles. The third-order valence-corrected chi connectivity index (χ3v) is 0.813. The molecule has 0 aliphatic carbocycles. The van der Waals surface area contributed by atoms with Crippen LogP contribution in [0.15, 0.2) is 0 Å². The van der Waals surface area contributed by atoms with E-state index in [2.05, 4.69) is 0 Å². The molecule has 1 unspecified atom stereocenters. The molecule has 0 aliphatic rings. The van der Waals surface area contributed by atoms with Crippen LogP contribution in [0.5, 0.6) is 0 Å². The molecule has 0 aliphatic heterocycles. The van der Waals surface area contributed by atoms with Gasteiger partial charge in [0.15, 0.2) is 0 Å². The van der Waals surface area contributed by atoms with Crippen molar-refractivity contribution in [1.82, 2.24) is 0 Å². The molecule has 0 fully saturated rings. The molecule has 0 saturated carbocycles. The second kappa shape index (κ2) is 9.17. The quantitative estimate of drug-likeness (QED) is 0.607. The Morgan fingerprint density at radius 3 is 2.40 bits per heavy atom. The summed E-state index contributed by atoms with van der Waals surface area (Å²) in [5, 5.41) is 0. The molecule has 10 heavy (non-hydrogen) atoms. The third kappa shape index (κ3) is 11.0. The minimum Gasteiger partial charge on any atom is -0.382 e. The van der Waals surface area contributed by atoms with Crippen molar-refractivity contribution >= 4 is 12.4 Å². The predicted molar refractivity (Wildman–Crippen MR) is 43.6 cm³/mol. The molecule has 0 aromatic rings. The van der Waals surface area contributed by atoms with E-state index in [4.69, 9.17) is 15.2 Å². The first kappa shape index (κ1) is 12.8. The van der Waals surface area contributed by atoms with Crippen LogP contribution < -0.4 is 5.73 Å².